The van der Waals surface area contributed by atoms with Crippen molar-refractivity contribution < 1.29 is 17.9 Å². The zero-order chi connectivity index (χ0) is 25.0. The van der Waals surface area contributed by atoms with Crippen molar-refractivity contribution in [2.45, 2.75) is 51.1 Å². The second-order valence-electron chi connectivity index (χ2n) is 9.72. The number of ether oxygens (including phenoxy) is 1. The Balaban J connectivity index is 0.00000190. The highest BCUT2D eigenvalue weighted by atomic mass is 35.5. The van der Waals surface area contributed by atoms with Crippen molar-refractivity contribution in [1.82, 2.24) is 24.5 Å². The summed E-state index contributed by atoms with van der Waals surface area (Å²) in [6.45, 7) is 6.08. The van der Waals surface area contributed by atoms with Gasteiger partial charge in [-0.05, 0) is 51.0 Å². The summed E-state index contributed by atoms with van der Waals surface area (Å²) in [6.07, 6.45) is -2.55. The minimum atomic E-state index is -4.47. The van der Waals surface area contributed by atoms with Gasteiger partial charge in [-0.1, -0.05) is 24.3 Å². The van der Waals surface area contributed by atoms with E-state index in [0.29, 0.717) is 34.9 Å². The van der Waals surface area contributed by atoms with E-state index in [0.717, 1.165) is 5.39 Å². The SMILES string of the molecule is CC(C)Oc1cccc2ccc(-c3nnc4ccc([C@@H](N5CC[C@@](C)(N)C5)C(F)(F)F)cn34)nc12.Cl.Cl. The quantitative estimate of drug-likeness (QED) is 0.344. The molecule has 1 aliphatic rings. The average Bonchev–Trinajstić information content (AvgIpc) is 3.35. The zero-order valence-electron chi connectivity index (χ0n) is 20.6. The fourth-order valence-corrected chi connectivity index (χ4v) is 4.69. The molecule has 4 aromatic rings. The van der Waals surface area contributed by atoms with Crippen LogP contribution in [0.1, 0.15) is 38.8 Å². The lowest BCUT2D eigenvalue weighted by atomic mass is 10.0. The third kappa shape index (κ3) is 5.77. The number of nitrogens with two attached hydrogens (primary N) is 1. The molecule has 1 aromatic carbocycles. The Labute approximate surface area is 225 Å². The molecule has 0 radical (unpaired) electrons. The number of hydrogen-bond acceptors (Lipinski definition) is 6. The Morgan fingerprint density at radius 1 is 1.05 bits per heavy atom. The van der Waals surface area contributed by atoms with Crippen LogP contribution in [0.5, 0.6) is 5.75 Å². The Morgan fingerprint density at radius 2 is 1.81 bits per heavy atom. The molecule has 2 atom stereocenters. The Kier molecular flexibility index (Phi) is 8.28. The summed E-state index contributed by atoms with van der Waals surface area (Å²) in [5, 5.41) is 9.28. The number of rotatable bonds is 5. The van der Waals surface area contributed by atoms with Gasteiger partial charge in [-0.3, -0.25) is 9.30 Å². The van der Waals surface area contributed by atoms with Crippen LogP contribution in [0, 0.1) is 0 Å². The summed E-state index contributed by atoms with van der Waals surface area (Å²) in [7, 11) is 0. The van der Waals surface area contributed by atoms with Crippen LogP contribution in [0.3, 0.4) is 0 Å². The number of benzene rings is 1. The van der Waals surface area contributed by atoms with Crippen LogP contribution in [0.25, 0.3) is 28.1 Å². The highest BCUT2D eigenvalue weighted by Crippen LogP contribution is 2.41. The summed E-state index contributed by atoms with van der Waals surface area (Å²) in [6, 6.07) is 10.6. The molecule has 0 saturated carbocycles. The van der Waals surface area contributed by atoms with Crippen LogP contribution in [0.4, 0.5) is 13.2 Å². The van der Waals surface area contributed by atoms with Crippen molar-refractivity contribution in [2.75, 3.05) is 13.1 Å². The lowest BCUT2D eigenvalue weighted by Crippen LogP contribution is -2.43. The maximum absolute atomic E-state index is 14.2. The van der Waals surface area contributed by atoms with Gasteiger partial charge >= 0.3 is 6.18 Å². The molecule has 1 fully saturated rings. The van der Waals surface area contributed by atoms with Crippen LogP contribution in [-0.2, 0) is 0 Å². The molecule has 0 unspecified atom stereocenters. The summed E-state index contributed by atoms with van der Waals surface area (Å²) in [5.74, 6) is 0.985. The molecule has 3 aromatic heterocycles. The minimum absolute atomic E-state index is 0. The van der Waals surface area contributed by atoms with Gasteiger partial charge in [0.2, 0.25) is 0 Å². The molecule has 5 rings (SSSR count). The third-order valence-corrected chi connectivity index (χ3v) is 6.23. The first kappa shape index (κ1) is 28.9. The van der Waals surface area contributed by atoms with Crippen molar-refractivity contribution in [3.8, 4) is 17.3 Å². The second-order valence-corrected chi connectivity index (χ2v) is 9.72. The zero-order valence-corrected chi connectivity index (χ0v) is 22.2. The molecule has 4 heterocycles. The predicted octanol–water partition coefficient (Wildman–Crippen LogP) is 5.60. The summed E-state index contributed by atoms with van der Waals surface area (Å²) in [4.78, 5) is 6.14. The van der Waals surface area contributed by atoms with Crippen LogP contribution in [0.2, 0.25) is 0 Å². The van der Waals surface area contributed by atoms with Gasteiger partial charge in [-0.2, -0.15) is 13.2 Å². The molecule has 0 aliphatic carbocycles. The Bertz CT molecular complexity index is 1390. The van der Waals surface area contributed by atoms with E-state index < -0.39 is 17.8 Å². The molecule has 12 heteroatoms. The van der Waals surface area contributed by atoms with Crippen molar-refractivity contribution in [2.24, 2.45) is 5.73 Å². The second kappa shape index (κ2) is 10.6. The van der Waals surface area contributed by atoms with Gasteiger partial charge in [0.15, 0.2) is 11.5 Å². The van der Waals surface area contributed by atoms with Crippen LogP contribution < -0.4 is 10.5 Å². The number of hydrogen-bond donors (Lipinski definition) is 1. The highest BCUT2D eigenvalue weighted by Gasteiger charge is 2.48. The smallest absolute Gasteiger partial charge is 0.408 e. The molecule has 1 saturated heterocycles. The van der Waals surface area contributed by atoms with Gasteiger partial charge < -0.3 is 10.5 Å². The van der Waals surface area contributed by atoms with E-state index in [-0.39, 0.29) is 49.6 Å². The van der Waals surface area contributed by atoms with Crippen LogP contribution in [0.15, 0.2) is 48.7 Å². The molecule has 37 heavy (non-hydrogen) atoms. The van der Waals surface area contributed by atoms with Gasteiger partial charge in [-0.25, -0.2) is 4.98 Å². The Hall–Kier alpha value is -2.66. The third-order valence-electron chi connectivity index (χ3n) is 6.23. The predicted molar refractivity (Wildman–Crippen MR) is 142 cm³/mol. The van der Waals surface area contributed by atoms with E-state index in [4.69, 9.17) is 15.5 Å². The number of likely N-dealkylation sites (tertiary alicyclic amines) is 1. The first-order valence-corrected chi connectivity index (χ1v) is 11.5. The molecule has 2 N–H and O–H groups in total. The van der Waals surface area contributed by atoms with Gasteiger partial charge in [-0.15, -0.1) is 35.0 Å². The number of aromatic nitrogens is 4. The van der Waals surface area contributed by atoms with Crippen LogP contribution in [-0.4, -0.2) is 55.4 Å². The topological polar surface area (TPSA) is 81.6 Å². The number of pyridine rings is 2. The Morgan fingerprint density at radius 3 is 2.46 bits per heavy atom. The largest absolute Gasteiger partial charge is 0.489 e. The van der Waals surface area contributed by atoms with E-state index >= 15 is 0 Å². The molecule has 200 valence electrons. The monoisotopic (exact) mass is 556 g/mol. The fourth-order valence-electron chi connectivity index (χ4n) is 4.69. The standard InChI is InChI=1S/C25H27F3N6O.2ClH/c1-15(2)35-19-6-4-5-16-7-9-18(30-21(16)19)23-32-31-20-10-8-17(13-34(20)23)22(25(26,27)28)33-12-11-24(3,29)14-33;;/h4-10,13,15,22H,11-12,14,29H2,1-3H3;2*1H/t22-,24-;;/m1../s1. The van der Waals surface area contributed by atoms with Gasteiger partial charge in [0, 0.05) is 30.2 Å². The summed E-state index contributed by atoms with van der Waals surface area (Å²) >= 11 is 0. The highest BCUT2D eigenvalue weighted by molar-refractivity contribution is 5.86. The molecule has 7 nitrogen and oxygen atoms in total. The number of para-hydroxylation sites is 1. The van der Waals surface area contributed by atoms with E-state index in [1.807, 2.05) is 38.1 Å². The molecule has 0 bridgehead atoms. The molecular formula is C25H29Cl2F3N6O. The molecule has 0 amide bonds. The van der Waals surface area contributed by atoms with E-state index in [2.05, 4.69) is 10.2 Å². The van der Waals surface area contributed by atoms with Gasteiger partial charge in [0.25, 0.3) is 0 Å². The molecule has 0 spiro atoms. The lowest BCUT2D eigenvalue weighted by Gasteiger charge is -2.31. The van der Waals surface area contributed by atoms with E-state index in [9.17, 15) is 13.2 Å². The number of alkyl halides is 3. The normalized spacial score (nSPS) is 19.1. The van der Waals surface area contributed by atoms with Crippen molar-refractivity contribution in [1.29, 1.82) is 0 Å². The maximum Gasteiger partial charge on any atom is 0.408 e. The molecule has 1 aliphatic heterocycles. The van der Waals surface area contributed by atoms with Crippen molar-refractivity contribution >= 4 is 41.4 Å². The number of fused-ring (bicyclic) bond motifs is 2. The van der Waals surface area contributed by atoms with Crippen LogP contribution >= 0.6 is 24.8 Å². The molecular weight excluding hydrogens is 528 g/mol. The first-order valence-electron chi connectivity index (χ1n) is 11.5. The maximum atomic E-state index is 14.2. The van der Waals surface area contributed by atoms with Crippen molar-refractivity contribution in [3.05, 3.63) is 54.2 Å². The van der Waals surface area contributed by atoms with E-state index in [1.54, 1.807) is 23.5 Å². The number of halogens is 5. The summed E-state index contributed by atoms with van der Waals surface area (Å²) < 4.78 is 50.2. The fraction of sp³-hybridized carbons (Fsp3) is 0.400. The van der Waals surface area contributed by atoms with E-state index in [1.165, 1.54) is 17.2 Å². The number of nitrogens with zero attached hydrogens (tertiary/aromatic N) is 5. The van der Waals surface area contributed by atoms with Crippen molar-refractivity contribution in [3.63, 3.8) is 0 Å². The van der Waals surface area contributed by atoms with Gasteiger partial charge in [0.1, 0.15) is 23.0 Å². The van der Waals surface area contributed by atoms with Gasteiger partial charge in [0.05, 0.1) is 6.10 Å². The summed E-state index contributed by atoms with van der Waals surface area (Å²) in [5.41, 5.74) is 7.16. The lowest BCUT2D eigenvalue weighted by molar-refractivity contribution is -0.184. The first-order chi connectivity index (χ1) is 16.5. The average molecular weight is 557 g/mol. The minimum Gasteiger partial charge on any atom is -0.489 e.